The van der Waals surface area contributed by atoms with Gasteiger partial charge in [-0.1, -0.05) is 35.4 Å². The summed E-state index contributed by atoms with van der Waals surface area (Å²) in [5.41, 5.74) is 3.51. The normalized spacial score (nSPS) is 13.2. The fourth-order valence-corrected chi connectivity index (χ4v) is 5.64. The molecule has 32 heavy (non-hydrogen) atoms. The topological polar surface area (TPSA) is 64.0 Å². The Bertz CT molecular complexity index is 1390. The maximum Gasteiger partial charge on any atom is 0.263 e. The summed E-state index contributed by atoms with van der Waals surface area (Å²) in [4.78, 5) is 33.5. The lowest BCUT2D eigenvalue weighted by Crippen LogP contribution is -2.30. The molecule has 5 nitrogen and oxygen atoms in total. The summed E-state index contributed by atoms with van der Waals surface area (Å²) in [6.07, 6.45) is 4.11. The minimum atomic E-state index is -0.284. The van der Waals surface area contributed by atoms with Crippen molar-refractivity contribution < 1.29 is 4.79 Å². The second-order valence-electron chi connectivity index (χ2n) is 8.14. The summed E-state index contributed by atoms with van der Waals surface area (Å²) in [5.74, 6) is 0.240. The summed E-state index contributed by atoms with van der Waals surface area (Å²) in [5, 5.41) is 4.13. The highest BCUT2D eigenvalue weighted by Crippen LogP contribution is 2.35. The average Bonchev–Trinajstić information content (AvgIpc) is 3.16. The molecule has 0 aliphatic heterocycles. The van der Waals surface area contributed by atoms with Crippen molar-refractivity contribution >= 4 is 44.7 Å². The van der Waals surface area contributed by atoms with Gasteiger partial charge in [0.1, 0.15) is 17.2 Å². The lowest BCUT2D eigenvalue weighted by atomic mass is 9.97. The predicted octanol–water partition coefficient (Wildman–Crippen LogP) is 5.60. The van der Waals surface area contributed by atoms with Crippen LogP contribution in [-0.4, -0.2) is 15.5 Å². The largest absolute Gasteiger partial charge is 0.325 e. The fourth-order valence-electron chi connectivity index (χ4n) is 4.27. The maximum absolute atomic E-state index is 13.7. The molecule has 0 saturated carbocycles. The number of benzene rings is 2. The predicted molar refractivity (Wildman–Crippen MR) is 131 cm³/mol. The highest BCUT2D eigenvalue weighted by atomic mass is 35.5. The Morgan fingerprint density at radius 1 is 1.16 bits per heavy atom. The Balaban J connectivity index is 1.62. The van der Waals surface area contributed by atoms with Gasteiger partial charge in [-0.15, -0.1) is 11.3 Å². The Hall–Kier alpha value is -2.96. The van der Waals surface area contributed by atoms with Crippen molar-refractivity contribution in [1.82, 2.24) is 9.55 Å². The van der Waals surface area contributed by atoms with E-state index in [9.17, 15) is 9.59 Å². The molecule has 1 aliphatic carbocycles. The first-order valence-electron chi connectivity index (χ1n) is 10.7. The zero-order valence-electron chi connectivity index (χ0n) is 17.7. The number of hydrogen-bond donors (Lipinski definition) is 1. The zero-order valence-corrected chi connectivity index (χ0v) is 19.2. The van der Waals surface area contributed by atoms with Crippen molar-refractivity contribution in [2.75, 3.05) is 5.32 Å². The van der Waals surface area contributed by atoms with E-state index in [2.05, 4.69) is 5.32 Å². The number of aromatic nitrogens is 2. The van der Waals surface area contributed by atoms with Crippen LogP contribution in [0.15, 0.2) is 53.3 Å². The molecule has 1 amide bonds. The molecule has 2 aromatic carbocycles. The molecule has 1 N–H and O–H groups in total. The summed E-state index contributed by atoms with van der Waals surface area (Å²) in [7, 11) is 0. The maximum atomic E-state index is 13.7. The first-order valence-corrected chi connectivity index (χ1v) is 11.9. The molecule has 1 aliphatic rings. The summed E-state index contributed by atoms with van der Waals surface area (Å²) >= 11 is 7.56. The number of carbonyl (C=O) groups excluding carboxylic acids is 1. The fraction of sp³-hybridized carbons (Fsp3) is 0.240. The second kappa shape index (κ2) is 8.52. The molecule has 0 radical (unpaired) electrons. The molecule has 0 fully saturated rings. The highest BCUT2D eigenvalue weighted by molar-refractivity contribution is 7.18. The SMILES string of the molecule is Cc1cccc(-c2nc3sc4c(c3c(=O)n2CC(=O)Nc2ccc(Cl)cc2)CCCC4)c1. The van der Waals surface area contributed by atoms with Gasteiger partial charge in [0.05, 0.1) is 5.39 Å². The Kier molecular flexibility index (Phi) is 5.57. The molecule has 2 aromatic heterocycles. The molecule has 4 aromatic rings. The number of amides is 1. The first kappa shape index (κ1) is 20.9. The van der Waals surface area contributed by atoms with E-state index in [0.717, 1.165) is 47.2 Å². The van der Waals surface area contributed by atoms with Crippen LogP contribution >= 0.6 is 22.9 Å². The summed E-state index contributed by atoms with van der Waals surface area (Å²) in [6, 6.07) is 14.8. The third-order valence-electron chi connectivity index (χ3n) is 5.78. The summed E-state index contributed by atoms with van der Waals surface area (Å²) in [6.45, 7) is 1.89. The number of aryl methyl sites for hydroxylation is 3. The van der Waals surface area contributed by atoms with E-state index >= 15 is 0 Å². The van der Waals surface area contributed by atoms with Crippen molar-refractivity contribution in [3.05, 3.63) is 79.9 Å². The lowest BCUT2D eigenvalue weighted by molar-refractivity contribution is -0.116. The summed E-state index contributed by atoms with van der Waals surface area (Å²) < 4.78 is 1.52. The number of hydrogen-bond acceptors (Lipinski definition) is 4. The standard InChI is InChI=1S/C25H22ClN3O2S/c1-15-5-4-6-16(13-15)23-28-24-22(19-7-2-3-8-20(19)32-24)25(31)29(23)14-21(30)27-18-11-9-17(26)10-12-18/h4-6,9-13H,2-3,7-8,14H2,1H3,(H,27,30). The molecule has 0 atom stereocenters. The lowest BCUT2D eigenvalue weighted by Gasteiger charge is -2.14. The number of fused-ring (bicyclic) bond motifs is 3. The number of thiophene rings is 1. The first-order chi connectivity index (χ1) is 15.5. The quantitative estimate of drug-likeness (QED) is 0.428. The van der Waals surface area contributed by atoms with Crippen LogP contribution < -0.4 is 10.9 Å². The smallest absolute Gasteiger partial charge is 0.263 e. The van der Waals surface area contributed by atoms with Gasteiger partial charge in [-0.3, -0.25) is 14.2 Å². The number of anilines is 1. The van der Waals surface area contributed by atoms with Crippen LogP contribution in [0.3, 0.4) is 0 Å². The van der Waals surface area contributed by atoms with Crippen molar-refractivity contribution in [3.8, 4) is 11.4 Å². The van der Waals surface area contributed by atoms with E-state index < -0.39 is 0 Å². The van der Waals surface area contributed by atoms with Crippen LogP contribution in [0.4, 0.5) is 5.69 Å². The van der Waals surface area contributed by atoms with Gasteiger partial charge in [-0.25, -0.2) is 4.98 Å². The molecular formula is C25H22ClN3O2S. The molecule has 0 saturated heterocycles. The van der Waals surface area contributed by atoms with Gasteiger partial charge in [0.15, 0.2) is 0 Å². The monoisotopic (exact) mass is 463 g/mol. The minimum Gasteiger partial charge on any atom is -0.325 e. The van der Waals surface area contributed by atoms with Gasteiger partial charge in [0, 0.05) is 21.2 Å². The molecule has 5 rings (SSSR count). The van der Waals surface area contributed by atoms with Crippen LogP contribution in [0.1, 0.15) is 28.8 Å². The second-order valence-corrected chi connectivity index (χ2v) is 9.66. The number of carbonyl (C=O) groups is 1. The van der Waals surface area contributed by atoms with E-state index in [-0.39, 0.29) is 18.0 Å². The van der Waals surface area contributed by atoms with Crippen LogP contribution in [0.2, 0.25) is 5.02 Å². The highest BCUT2D eigenvalue weighted by Gasteiger charge is 2.23. The molecule has 2 heterocycles. The molecule has 0 unspecified atom stereocenters. The van der Waals surface area contributed by atoms with Crippen molar-refractivity contribution in [3.63, 3.8) is 0 Å². The molecular weight excluding hydrogens is 442 g/mol. The Morgan fingerprint density at radius 3 is 2.72 bits per heavy atom. The van der Waals surface area contributed by atoms with E-state index in [4.69, 9.17) is 16.6 Å². The average molecular weight is 464 g/mol. The molecule has 0 spiro atoms. The van der Waals surface area contributed by atoms with Crippen LogP contribution in [0.25, 0.3) is 21.6 Å². The van der Waals surface area contributed by atoms with E-state index in [0.29, 0.717) is 21.9 Å². The third kappa shape index (κ3) is 3.96. The number of halogens is 1. The van der Waals surface area contributed by atoms with Crippen LogP contribution in [-0.2, 0) is 24.2 Å². The van der Waals surface area contributed by atoms with E-state index in [1.54, 1.807) is 35.6 Å². The van der Waals surface area contributed by atoms with Gasteiger partial charge < -0.3 is 5.32 Å². The Morgan fingerprint density at radius 2 is 1.94 bits per heavy atom. The van der Waals surface area contributed by atoms with Gasteiger partial charge >= 0.3 is 0 Å². The van der Waals surface area contributed by atoms with Crippen LogP contribution in [0, 0.1) is 6.92 Å². The number of nitrogens with zero attached hydrogens (tertiary/aromatic N) is 2. The minimum absolute atomic E-state index is 0.113. The van der Waals surface area contributed by atoms with Crippen molar-refractivity contribution in [2.45, 2.75) is 39.2 Å². The van der Waals surface area contributed by atoms with Gasteiger partial charge in [-0.2, -0.15) is 0 Å². The third-order valence-corrected chi connectivity index (χ3v) is 7.22. The zero-order chi connectivity index (χ0) is 22.2. The molecule has 162 valence electrons. The molecule has 0 bridgehead atoms. The molecule has 7 heteroatoms. The number of nitrogens with one attached hydrogen (secondary N) is 1. The number of rotatable bonds is 4. The van der Waals surface area contributed by atoms with E-state index in [1.165, 1.54) is 9.44 Å². The van der Waals surface area contributed by atoms with Gasteiger partial charge in [-0.05, 0) is 68.5 Å². The van der Waals surface area contributed by atoms with Crippen molar-refractivity contribution in [1.29, 1.82) is 0 Å². The van der Waals surface area contributed by atoms with E-state index in [1.807, 2.05) is 31.2 Å². The van der Waals surface area contributed by atoms with Crippen molar-refractivity contribution in [2.24, 2.45) is 0 Å². The Labute approximate surface area is 194 Å². The van der Waals surface area contributed by atoms with Gasteiger partial charge in [0.2, 0.25) is 5.91 Å². The van der Waals surface area contributed by atoms with Crippen LogP contribution in [0.5, 0.6) is 0 Å². The van der Waals surface area contributed by atoms with Gasteiger partial charge in [0.25, 0.3) is 5.56 Å².